The average molecular weight is 177 g/mol. The van der Waals surface area contributed by atoms with Crippen LogP contribution in [0.5, 0.6) is 5.75 Å². The van der Waals surface area contributed by atoms with Crippen LogP contribution in [0.15, 0.2) is 24.3 Å². The average Bonchev–Trinajstić information content (AvgIpc) is 2.60. The third-order valence-electron chi connectivity index (χ3n) is 2.26. The maximum atomic E-state index is 11.4. The summed E-state index contributed by atoms with van der Waals surface area (Å²) in [5.74, 6) is 0.710. The largest absolute Gasteiger partial charge is 0.492 e. The fourth-order valence-corrected chi connectivity index (χ4v) is 1.55. The number of hydrogen-bond acceptors (Lipinski definition) is 2. The summed E-state index contributed by atoms with van der Waals surface area (Å²) in [5.41, 5.74) is 0.988. The van der Waals surface area contributed by atoms with Crippen LogP contribution in [0.3, 0.4) is 0 Å². The summed E-state index contributed by atoms with van der Waals surface area (Å²) in [6.07, 6.45) is 0. The van der Waals surface area contributed by atoms with Crippen LogP contribution in [-0.2, 0) is 4.79 Å². The van der Waals surface area contributed by atoms with Gasteiger partial charge in [0.1, 0.15) is 18.3 Å². The fraction of sp³-hybridized carbons (Fsp3) is 0.300. The van der Waals surface area contributed by atoms with E-state index in [0.717, 1.165) is 11.3 Å². The first-order valence-electron chi connectivity index (χ1n) is 4.26. The van der Waals surface area contributed by atoms with E-state index in [1.54, 1.807) is 7.05 Å². The highest BCUT2D eigenvalue weighted by Crippen LogP contribution is 2.33. The van der Waals surface area contributed by atoms with E-state index in [1.807, 2.05) is 24.3 Å². The molecule has 68 valence electrons. The molecule has 0 fully saturated rings. The van der Waals surface area contributed by atoms with Crippen molar-refractivity contribution in [3.05, 3.63) is 29.8 Å². The molecule has 1 amide bonds. The minimum Gasteiger partial charge on any atom is -0.492 e. The maximum absolute atomic E-state index is 11.4. The number of benzene rings is 1. The van der Waals surface area contributed by atoms with Crippen molar-refractivity contribution in [3.63, 3.8) is 0 Å². The van der Waals surface area contributed by atoms with Crippen LogP contribution in [0.1, 0.15) is 11.5 Å². The SMILES string of the molecule is CNC(=O)C1COc2ccccc21. The molecule has 1 N–H and O–H groups in total. The Morgan fingerprint density at radius 1 is 1.54 bits per heavy atom. The number of carbonyl (C=O) groups excluding carboxylic acids is 1. The van der Waals surface area contributed by atoms with Crippen molar-refractivity contribution in [2.24, 2.45) is 0 Å². The van der Waals surface area contributed by atoms with E-state index in [-0.39, 0.29) is 11.8 Å². The van der Waals surface area contributed by atoms with Gasteiger partial charge in [-0.2, -0.15) is 0 Å². The lowest BCUT2D eigenvalue weighted by atomic mass is 10.0. The standard InChI is InChI=1S/C10H11NO2/c1-11-10(12)8-6-13-9-5-3-2-4-7(8)9/h2-5,8H,6H2,1H3,(H,11,12). The summed E-state index contributed by atoms with van der Waals surface area (Å²) in [5, 5.41) is 2.63. The van der Waals surface area contributed by atoms with Gasteiger partial charge in [-0.1, -0.05) is 18.2 Å². The highest BCUT2D eigenvalue weighted by atomic mass is 16.5. The van der Waals surface area contributed by atoms with Crippen LogP contribution in [0, 0.1) is 0 Å². The molecule has 1 aromatic rings. The highest BCUT2D eigenvalue weighted by Gasteiger charge is 2.28. The van der Waals surface area contributed by atoms with Gasteiger partial charge < -0.3 is 10.1 Å². The molecule has 0 aromatic heterocycles. The predicted octanol–water partition coefficient (Wildman–Crippen LogP) is 0.909. The number of hydrogen-bond donors (Lipinski definition) is 1. The summed E-state index contributed by atoms with van der Waals surface area (Å²) in [6.45, 7) is 0.457. The zero-order valence-electron chi connectivity index (χ0n) is 7.41. The van der Waals surface area contributed by atoms with Gasteiger partial charge in [0.2, 0.25) is 5.91 Å². The van der Waals surface area contributed by atoms with Crippen LogP contribution in [0.4, 0.5) is 0 Å². The molecule has 0 radical (unpaired) electrons. The van der Waals surface area contributed by atoms with E-state index in [4.69, 9.17) is 4.74 Å². The van der Waals surface area contributed by atoms with Gasteiger partial charge in [0.05, 0.1) is 0 Å². The van der Waals surface area contributed by atoms with Crippen molar-refractivity contribution in [1.29, 1.82) is 0 Å². The molecular formula is C10H11NO2. The van der Waals surface area contributed by atoms with Crippen LogP contribution in [0.25, 0.3) is 0 Å². The van der Waals surface area contributed by atoms with Crippen LogP contribution >= 0.6 is 0 Å². The van der Waals surface area contributed by atoms with Gasteiger partial charge in [-0.3, -0.25) is 4.79 Å². The molecule has 2 rings (SSSR count). The van der Waals surface area contributed by atoms with E-state index in [2.05, 4.69) is 5.32 Å². The Bertz CT molecular complexity index is 335. The minimum absolute atomic E-state index is 0.0185. The summed E-state index contributed by atoms with van der Waals surface area (Å²) >= 11 is 0. The van der Waals surface area contributed by atoms with Crippen molar-refractivity contribution < 1.29 is 9.53 Å². The Labute approximate surface area is 76.7 Å². The smallest absolute Gasteiger partial charge is 0.230 e. The molecule has 0 aliphatic carbocycles. The van der Waals surface area contributed by atoms with Crippen LogP contribution in [-0.4, -0.2) is 19.6 Å². The van der Waals surface area contributed by atoms with Gasteiger partial charge in [0.15, 0.2) is 0 Å². The number of carbonyl (C=O) groups is 1. The second-order valence-corrected chi connectivity index (χ2v) is 3.02. The molecule has 1 heterocycles. The van der Waals surface area contributed by atoms with Crippen molar-refractivity contribution in [2.75, 3.05) is 13.7 Å². The number of para-hydroxylation sites is 1. The van der Waals surface area contributed by atoms with E-state index in [0.29, 0.717) is 6.61 Å². The van der Waals surface area contributed by atoms with Crippen molar-refractivity contribution in [1.82, 2.24) is 5.32 Å². The van der Waals surface area contributed by atoms with Crippen molar-refractivity contribution in [3.8, 4) is 5.75 Å². The molecule has 3 nitrogen and oxygen atoms in total. The Hall–Kier alpha value is -1.51. The normalized spacial score (nSPS) is 19.0. The van der Waals surface area contributed by atoms with E-state index < -0.39 is 0 Å². The lowest BCUT2D eigenvalue weighted by Crippen LogP contribution is -2.26. The molecule has 1 aliphatic heterocycles. The van der Waals surface area contributed by atoms with Gasteiger partial charge in [-0.05, 0) is 6.07 Å². The van der Waals surface area contributed by atoms with Gasteiger partial charge in [0.25, 0.3) is 0 Å². The highest BCUT2D eigenvalue weighted by molar-refractivity contribution is 5.85. The second kappa shape index (κ2) is 3.09. The topological polar surface area (TPSA) is 38.3 Å². The first-order valence-corrected chi connectivity index (χ1v) is 4.26. The summed E-state index contributed by atoms with van der Waals surface area (Å²) in [6, 6.07) is 7.65. The van der Waals surface area contributed by atoms with Crippen LogP contribution in [0.2, 0.25) is 0 Å². The lowest BCUT2D eigenvalue weighted by Gasteiger charge is -2.05. The summed E-state index contributed by atoms with van der Waals surface area (Å²) in [4.78, 5) is 11.4. The monoisotopic (exact) mass is 177 g/mol. The molecule has 1 atom stereocenters. The number of fused-ring (bicyclic) bond motifs is 1. The van der Waals surface area contributed by atoms with Gasteiger partial charge in [-0.25, -0.2) is 0 Å². The Balaban J connectivity index is 2.33. The van der Waals surface area contributed by atoms with Gasteiger partial charge in [-0.15, -0.1) is 0 Å². The Morgan fingerprint density at radius 2 is 2.31 bits per heavy atom. The molecule has 3 heteroatoms. The molecule has 1 aliphatic rings. The molecule has 0 spiro atoms. The molecule has 1 aromatic carbocycles. The lowest BCUT2D eigenvalue weighted by molar-refractivity contribution is -0.122. The Morgan fingerprint density at radius 3 is 3.08 bits per heavy atom. The van der Waals surface area contributed by atoms with E-state index in [1.165, 1.54) is 0 Å². The zero-order valence-corrected chi connectivity index (χ0v) is 7.41. The molecule has 0 saturated heterocycles. The number of likely N-dealkylation sites (N-methyl/N-ethyl adjacent to an activating group) is 1. The van der Waals surface area contributed by atoms with E-state index >= 15 is 0 Å². The molecular weight excluding hydrogens is 166 g/mol. The third kappa shape index (κ3) is 1.26. The zero-order chi connectivity index (χ0) is 9.26. The number of ether oxygens (including phenoxy) is 1. The van der Waals surface area contributed by atoms with Gasteiger partial charge >= 0.3 is 0 Å². The summed E-state index contributed by atoms with van der Waals surface area (Å²) in [7, 11) is 1.64. The third-order valence-corrected chi connectivity index (χ3v) is 2.26. The van der Waals surface area contributed by atoms with Crippen LogP contribution < -0.4 is 10.1 Å². The number of amides is 1. The maximum Gasteiger partial charge on any atom is 0.230 e. The summed E-state index contributed by atoms with van der Waals surface area (Å²) < 4.78 is 5.37. The second-order valence-electron chi connectivity index (χ2n) is 3.02. The molecule has 0 bridgehead atoms. The first kappa shape index (κ1) is 8.10. The number of nitrogens with one attached hydrogen (secondary N) is 1. The molecule has 1 unspecified atom stereocenters. The van der Waals surface area contributed by atoms with E-state index in [9.17, 15) is 4.79 Å². The predicted molar refractivity (Wildman–Crippen MR) is 48.7 cm³/mol. The van der Waals surface area contributed by atoms with Crippen molar-refractivity contribution >= 4 is 5.91 Å². The molecule has 13 heavy (non-hydrogen) atoms. The minimum atomic E-state index is -0.138. The Kier molecular flexibility index (Phi) is 1.93. The number of rotatable bonds is 1. The fourth-order valence-electron chi connectivity index (χ4n) is 1.55. The quantitative estimate of drug-likeness (QED) is 0.692. The first-order chi connectivity index (χ1) is 6.33. The molecule has 0 saturated carbocycles. The van der Waals surface area contributed by atoms with Gasteiger partial charge in [0, 0.05) is 12.6 Å². The van der Waals surface area contributed by atoms with Crippen molar-refractivity contribution in [2.45, 2.75) is 5.92 Å².